The summed E-state index contributed by atoms with van der Waals surface area (Å²) in [5, 5.41) is 14.1. The number of piperidine rings is 1. The van der Waals surface area contributed by atoms with Crippen molar-refractivity contribution in [3.05, 3.63) is 0 Å². The highest BCUT2D eigenvalue weighted by molar-refractivity contribution is 5.90. The molecule has 5 N–H and O–H groups in total. The topological polar surface area (TPSA) is 122 Å². The van der Waals surface area contributed by atoms with E-state index in [1.807, 2.05) is 0 Å². The molecule has 0 aromatic heterocycles. The number of carbonyl (C=O) groups excluding carboxylic acids is 2. The van der Waals surface area contributed by atoms with Crippen molar-refractivity contribution in [1.29, 1.82) is 0 Å². The number of hydrogen-bond acceptors (Lipinski definition) is 4. The first-order valence-corrected chi connectivity index (χ1v) is 5.55. The van der Waals surface area contributed by atoms with Crippen molar-refractivity contribution in [3.63, 3.8) is 0 Å². The molecule has 0 spiro atoms. The zero-order chi connectivity index (χ0) is 12.8. The summed E-state index contributed by atoms with van der Waals surface area (Å²) in [6, 6.07) is -1.62. The molecule has 1 fully saturated rings. The minimum atomic E-state index is -1.26. The van der Waals surface area contributed by atoms with Crippen molar-refractivity contribution >= 4 is 17.8 Å². The Kier molecular flexibility index (Phi) is 4.89. The van der Waals surface area contributed by atoms with Gasteiger partial charge in [0.25, 0.3) is 0 Å². The van der Waals surface area contributed by atoms with Crippen LogP contribution in [0.25, 0.3) is 0 Å². The Morgan fingerprint density at radius 1 is 1.41 bits per heavy atom. The fourth-order valence-electron chi connectivity index (χ4n) is 1.75. The first kappa shape index (κ1) is 13.4. The third-order valence-electron chi connectivity index (χ3n) is 2.65. The monoisotopic (exact) mass is 243 g/mol. The number of carbonyl (C=O) groups is 3. The van der Waals surface area contributed by atoms with E-state index >= 15 is 0 Å². The number of carboxylic acids is 1. The number of amides is 2. The van der Waals surface area contributed by atoms with Crippen LogP contribution in [0.4, 0.5) is 0 Å². The first-order chi connectivity index (χ1) is 8.00. The maximum Gasteiger partial charge on any atom is 0.326 e. The summed E-state index contributed by atoms with van der Waals surface area (Å²) in [6.07, 6.45) is 2.22. The molecule has 17 heavy (non-hydrogen) atoms. The SMILES string of the molecule is NC(=O)C[C@H](NC(=O)[C@H]1CCCCN1)C(=O)O. The van der Waals surface area contributed by atoms with Gasteiger partial charge in [0.15, 0.2) is 0 Å². The van der Waals surface area contributed by atoms with Crippen LogP contribution >= 0.6 is 0 Å². The summed E-state index contributed by atoms with van der Waals surface area (Å²) in [5.74, 6) is -2.40. The lowest BCUT2D eigenvalue weighted by molar-refractivity contribution is -0.143. The summed E-state index contributed by atoms with van der Waals surface area (Å²) in [4.78, 5) is 33.2. The summed E-state index contributed by atoms with van der Waals surface area (Å²) in [5.41, 5.74) is 4.92. The number of carboxylic acid groups (broad SMARTS) is 1. The molecule has 2 amide bonds. The predicted molar refractivity (Wildman–Crippen MR) is 59.0 cm³/mol. The molecule has 0 aromatic rings. The van der Waals surface area contributed by atoms with E-state index in [1.54, 1.807) is 0 Å². The molecule has 0 radical (unpaired) electrons. The smallest absolute Gasteiger partial charge is 0.326 e. The van der Waals surface area contributed by atoms with Crippen LogP contribution in [0.2, 0.25) is 0 Å². The molecular weight excluding hydrogens is 226 g/mol. The molecular formula is C10H17N3O4. The molecule has 1 aliphatic heterocycles. The summed E-state index contributed by atoms with van der Waals surface area (Å²) < 4.78 is 0. The maximum atomic E-state index is 11.7. The molecule has 0 aliphatic carbocycles. The lowest BCUT2D eigenvalue weighted by Crippen LogP contribution is -2.52. The molecule has 0 aromatic carbocycles. The van der Waals surface area contributed by atoms with Gasteiger partial charge in [-0.25, -0.2) is 4.79 Å². The highest BCUT2D eigenvalue weighted by atomic mass is 16.4. The Balaban J connectivity index is 2.50. The Labute approximate surface area is 98.7 Å². The lowest BCUT2D eigenvalue weighted by atomic mass is 10.0. The standard InChI is InChI=1S/C10H17N3O4/c11-8(14)5-7(10(16)17)13-9(15)6-3-1-2-4-12-6/h6-7,12H,1-5H2,(H2,11,14)(H,13,15)(H,16,17)/t6-,7+/m1/s1. The van der Waals surface area contributed by atoms with Gasteiger partial charge in [-0.15, -0.1) is 0 Å². The van der Waals surface area contributed by atoms with Crippen molar-refractivity contribution in [1.82, 2.24) is 10.6 Å². The molecule has 1 rings (SSSR count). The number of nitrogens with one attached hydrogen (secondary N) is 2. The summed E-state index contributed by atoms with van der Waals surface area (Å²) >= 11 is 0. The maximum absolute atomic E-state index is 11.7. The van der Waals surface area contributed by atoms with Gasteiger partial charge in [-0.3, -0.25) is 9.59 Å². The summed E-state index contributed by atoms with van der Waals surface area (Å²) in [7, 11) is 0. The number of primary amides is 1. The van der Waals surface area contributed by atoms with Crippen molar-refractivity contribution in [2.45, 2.75) is 37.8 Å². The van der Waals surface area contributed by atoms with Crippen LogP contribution in [0.5, 0.6) is 0 Å². The van der Waals surface area contributed by atoms with E-state index in [-0.39, 0.29) is 6.04 Å². The van der Waals surface area contributed by atoms with Crippen LogP contribution in [0, 0.1) is 0 Å². The fraction of sp³-hybridized carbons (Fsp3) is 0.700. The Bertz CT molecular complexity index is 313. The quantitative estimate of drug-likeness (QED) is 0.472. The highest BCUT2D eigenvalue weighted by Gasteiger charge is 2.27. The Morgan fingerprint density at radius 2 is 2.12 bits per heavy atom. The van der Waals surface area contributed by atoms with Crippen molar-refractivity contribution in [2.24, 2.45) is 5.73 Å². The second-order valence-corrected chi connectivity index (χ2v) is 4.07. The molecule has 1 heterocycles. The molecule has 0 saturated carbocycles. The Hall–Kier alpha value is -1.63. The molecule has 0 bridgehead atoms. The van der Waals surface area contributed by atoms with E-state index < -0.39 is 30.2 Å². The molecule has 7 heteroatoms. The average Bonchev–Trinajstić information content (AvgIpc) is 2.28. The van der Waals surface area contributed by atoms with Gasteiger partial charge in [0, 0.05) is 0 Å². The zero-order valence-electron chi connectivity index (χ0n) is 9.44. The van der Waals surface area contributed by atoms with Crippen molar-refractivity contribution < 1.29 is 19.5 Å². The Morgan fingerprint density at radius 3 is 2.59 bits per heavy atom. The second kappa shape index (κ2) is 6.19. The molecule has 7 nitrogen and oxygen atoms in total. The number of hydrogen-bond donors (Lipinski definition) is 4. The van der Waals surface area contributed by atoms with Gasteiger partial charge in [0.1, 0.15) is 6.04 Å². The van der Waals surface area contributed by atoms with Crippen molar-refractivity contribution in [2.75, 3.05) is 6.54 Å². The van der Waals surface area contributed by atoms with Crippen LogP contribution in [-0.2, 0) is 14.4 Å². The average molecular weight is 243 g/mol. The van der Waals surface area contributed by atoms with Gasteiger partial charge in [0.05, 0.1) is 12.5 Å². The third-order valence-corrected chi connectivity index (χ3v) is 2.65. The van der Waals surface area contributed by atoms with E-state index in [4.69, 9.17) is 10.8 Å². The normalized spacial score (nSPS) is 21.5. The van der Waals surface area contributed by atoms with Crippen LogP contribution in [-0.4, -0.2) is 41.5 Å². The van der Waals surface area contributed by atoms with Crippen LogP contribution in [0.1, 0.15) is 25.7 Å². The second-order valence-electron chi connectivity index (χ2n) is 4.07. The van der Waals surface area contributed by atoms with E-state index in [2.05, 4.69) is 10.6 Å². The van der Waals surface area contributed by atoms with Gasteiger partial charge in [-0.1, -0.05) is 6.42 Å². The van der Waals surface area contributed by atoms with Gasteiger partial charge >= 0.3 is 5.97 Å². The van der Waals surface area contributed by atoms with Crippen LogP contribution in [0.15, 0.2) is 0 Å². The van der Waals surface area contributed by atoms with Gasteiger partial charge in [-0.05, 0) is 19.4 Å². The predicted octanol–water partition coefficient (Wildman–Crippen LogP) is -1.43. The molecule has 2 atom stereocenters. The molecule has 1 saturated heterocycles. The van der Waals surface area contributed by atoms with E-state index in [9.17, 15) is 14.4 Å². The summed E-state index contributed by atoms with van der Waals surface area (Å²) in [6.45, 7) is 0.742. The van der Waals surface area contributed by atoms with Gasteiger partial charge < -0.3 is 21.5 Å². The van der Waals surface area contributed by atoms with Crippen LogP contribution in [0.3, 0.4) is 0 Å². The number of nitrogens with two attached hydrogens (primary N) is 1. The van der Waals surface area contributed by atoms with Gasteiger partial charge in [0.2, 0.25) is 11.8 Å². The van der Waals surface area contributed by atoms with Crippen LogP contribution < -0.4 is 16.4 Å². The molecule has 1 aliphatic rings. The fourth-order valence-corrected chi connectivity index (χ4v) is 1.75. The number of rotatable bonds is 5. The largest absolute Gasteiger partial charge is 0.480 e. The van der Waals surface area contributed by atoms with E-state index in [0.29, 0.717) is 6.42 Å². The molecule has 0 unspecified atom stereocenters. The minimum Gasteiger partial charge on any atom is -0.480 e. The third kappa shape index (κ3) is 4.39. The highest BCUT2D eigenvalue weighted by Crippen LogP contribution is 2.07. The minimum absolute atomic E-state index is 0.376. The molecule has 96 valence electrons. The van der Waals surface area contributed by atoms with Crippen molar-refractivity contribution in [3.8, 4) is 0 Å². The van der Waals surface area contributed by atoms with Gasteiger partial charge in [-0.2, -0.15) is 0 Å². The zero-order valence-corrected chi connectivity index (χ0v) is 9.44. The number of aliphatic carboxylic acids is 1. The van der Waals surface area contributed by atoms with E-state index in [0.717, 1.165) is 19.4 Å². The first-order valence-electron chi connectivity index (χ1n) is 5.55. The van der Waals surface area contributed by atoms with E-state index in [1.165, 1.54) is 0 Å². The lowest BCUT2D eigenvalue weighted by Gasteiger charge is -2.24.